The Balaban J connectivity index is 2.51. The maximum atomic E-state index is 9.54. The van der Waals surface area contributed by atoms with Gasteiger partial charge in [-0.1, -0.05) is 6.92 Å². The lowest BCUT2D eigenvalue weighted by Gasteiger charge is -2.30. The summed E-state index contributed by atoms with van der Waals surface area (Å²) in [4.78, 5) is 10.5. The van der Waals surface area contributed by atoms with Crippen molar-refractivity contribution in [1.29, 1.82) is 0 Å². The molecule has 2 aromatic heterocycles. The van der Waals surface area contributed by atoms with Gasteiger partial charge in [0.25, 0.3) is 0 Å². The van der Waals surface area contributed by atoms with Gasteiger partial charge in [0.15, 0.2) is 0 Å². The largest absolute Gasteiger partial charge is 0.394 e. The van der Waals surface area contributed by atoms with E-state index in [0.29, 0.717) is 18.2 Å². The van der Waals surface area contributed by atoms with E-state index in [1.807, 2.05) is 19.9 Å². The minimum absolute atomic E-state index is 0.194. The summed E-state index contributed by atoms with van der Waals surface area (Å²) in [6.07, 6.45) is 0.556. The van der Waals surface area contributed by atoms with Crippen LogP contribution < -0.4 is 16.6 Å². The van der Waals surface area contributed by atoms with E-state index in [4.69, 9.17) is 5.84 Å². The van der Waals surface area contributed by atoms with Gasteiger partial charge in [0, 0.05) is 4.88 Å². The van der Waals surface area contributed by atoms with Crippen LogP contribution in [0, 0.1) is 6.92 Å². The third kappa shape index (κ3) is 2.68. The predicted molar refractivity (Wildman–Crippen MR) is 80.8 cm³/mol. The van der Waals surface area contributed by atoms with E-state index in [2.05, 4.69) is 20.7 Å². The maximum absolute atomic E-state index is 9.54. The second-order valence-corrected chi connectivity index (χ2v) is 5.93. The van der Waals surface area contributed by atoms with E-state index in [9.17, 15) is 10.2 Å². The molecule has 0 radical (unpaired) electrons. The van der Waals surface area contributed by atoms with Crippen LogP contribution in [0.4, 0.5) is 11.8 Å². The number of nitrogens with one attached hydrogen (secondary N) is 2. The van der Waals surface area contributed by atoms with E-state index < -0.39 is 5.54 Å². The molecule has 2 aromatic rings. The highest BCUT2D eigenvalue weighted by Gasteiger charge is 2.28. The average molecular weight is 297 g/mol. The van der Waals surface area contributed by atoms with Crippen LogP contribution in [0.5, 0.6) is 0 Å². The number of fused-ring (bicyclic) bond motifs is 1. The zero-order chi connectivity index (χ0) is 14.8. The number of thiophene rings is 1. The molecular weight excluding hydrogens is 278 g/mol. The fourth-order valence-electron chi connectivity index (χ4n) is 1.89. The standard InChI is InChI=1S/C12H19N5O2S/c1-3-12(5-18,6-19)16-9-8-4-7(2)20-10(8)15-11(14-9)17-13/h4,18-19H,3,5-6,13H2,1-2H3,(H2,14,15,16,17). The summed E-state index contributed by atoms with van der Waals surface area (Å²) >= 11 is 1.53. The number of nitrogens with two attached hydrogens (primary N) is 1. The first-order valence-electron chi connectivity index (χ1n) is 6.32. The molecule has 110 valence electrons. The summed E-state index contributed by atoms with van der Waals surface area (Å²) in [5, 5.41) is 23.1. The highest BCUT2D eigenvalue weighted by Crippen LogP contribution is 2.31. The number of nitrogen functional groups attached to an aromatic ring is 1. The van der Waals surface area contributed by atoms with Crippen molar-refractivity contribution in [3.05, 3.63) is 10.9 Å². The first-order valence-corrected chi connectivity index (χ1v) is 7.14. The molecule has 20 heavy (non-hydrogen) atoms. The lowest BCUT2D eigenvalue weighted by molar-refractivity contribution is 0.132. The molecule has 0 fully saturated rings. The van der Waals surface area contributed by atoms with Crippen molar-refractivity contribution >= 4 is 33.3 Å². The molecule has 0 aromatic carbocycles. The molecule has 0 atom stereocenters. The second-order valence-electron chi connectivity index (χ2n) is 4.69. The van der Waals surface area contributed by atoms with E-state index in [0.717, 1.165) is 15.1 Å². The molecule has 0 saturated carbocycles. The van der Waals surface area contributed by atoms with Gasteiger partial charge >= 0.3 is 0 Å². The zero-order valence-electron chi connectivity index (χ0n) is 11.5. The van der Waals surface area contributed by atoms with Crippen molar-refractivity contribution in [1.82, 2.24) is 9.97 Å². The first-order chi connectivity index (χ1) is 9.57. The Morgan fingerprint density at radius 1 is 1.35 bits per heavy atom. The average Bonchev–Trinajstić information content (AvgIpc) is 2.85. The van der Waals surface area contributed by atoms with Crippen LogP contribution in [-0.2, 0) is 0 Å². The van der Waals surface area contributed by atoms with Crippen molar-refractivity contribution in [3.63, 3.8) is 0 Å². The number of hydrogen-bond acceptors (Lipinski definition) is 8. The van der Waals surface area contributed by atoms with Gasteiger partial charge in [-0.15, -0.1) is 11.3 Å². The number of rotatable bonds is 6. The quantitative estimate of drug-likeness (QED) is 0.396. The molecule has 2 rings (SSSR count). The number of nitrogens with zero attached hydrogens (tertiary/aromatic N) is 2. The van der Waals surface area contributed by atoms with Crippen LogP contribution in [0.3, 0.4) is 0 Å². The second kappa shape index (κ2) is 5.88. The molecule has 0 spiro atoms. The Morgan fingerprint density at radius 3 is 2.60 bits per heavy atom. The molecular formula is C12H19N5O2S. The Bertz CT molecular complexity index is 589. The highest BCUT2D eigenvalue weighted by atomic mass is 32.1. The zero-order valence-corrected chi connectivity index (χ0v) is 12.3. The number of hydrogen-bond donors (Lipinski definition) is 5. The molecule has 0 unspecified atom stereocenters. The molecule has 0 aliphatic heterocycles. The van der Waals surface area contributed by atoms with Crippen molar-refractivity contribution in [2.24, 2.45) is 5.84 Å². The molecule has 0 aliphatic rings. The van der Waals surface area contributed by atoms with Gasteiger partial charge in [0.1, 0.15) is 10.6 Å². The highest BCUT2D eigenvalue weighted by molar-refractivity contribution is 7.18. The van der Waals surface area contributed by atoms with E-state index in [1.165, 1.54) is 11.3 Å². The van der Waals surface area contributed by atoms with Crippen LogP contribution in [-0.4, -0.2) is 38.9 Å². The normalized spacial score (nSPS) is 11.8. The molecule has 7 nitrogen and oxygen atoms in total. The number of aliphatic hydroxyl groups excluding tert-OH is 2. The van der Waals surface area contributed by atoms with Crippen LogP contribution in [0.15, 0.2) is 6.07 Å². The van der Waals surface area contributed by atoms with Crippen LogP contribution >= 0.6 is 11.3 Å². The fourth-order valence-corrected chi connectivity index (χ4v) is 2.77. The summed E-state index contributed by atoms with van der Waals surface area (Å²) in [5.41, 5.74) is 1.61. The van der Waals surface area contributed by atoms with Gasteiger partial charge < -0.3 is 15.5 Å². The SMILES string of the molecule is CCC(CO)(CO)Nc1nc(NN)nc2sc(C)cc12. The maximum Gasteiger partial charge on any atom is 0.240 e. The molecule has 0 bridgehead atoms. The summed E-state index contributed by atoms with van der Waals surface area (Å²) in [6.45, 7) is 3.48. The van der Waals surface area contributed by atoms with E-state index in [-0.39, 0.29) is 13.2 Å². The number of aliphatic hydroxyl groups is 2. The summed E-state index contributed by atoms with van der Waals surface area (Å²) in [7, 11) is 0. The van der Waals surface area contributed by atoms with Crippen molar-refractivity contribution < 1.29 is 10.2 Å². The fraction of sp³-hybridized carbons (Fsp3) is 0.500. The minimum Gasteiger partial charge on any atom is -0.394 e. The van der Waals surface area contributed by atoms with Gasteiger partial charge in [-0.25, -0.2) is 10.8 Å². The van der Waals surface area contributed by atoms with Gasteiger partial charge in [-0.3, -0.25) is 5.43 Å². The monoisotopic (exact) mass is 297 g/mol. The Labute approximate surface area is 120 Å². The molecule has 2 heterocycles. The molecule has 8 heteroatoms. The molecule has 6 N–H and O–H groups in total. The molecule has 0 aliphatic carbocycles. The van der Waals surface area contributed by atoms with E-state index in [1.54, 1.807) is 0 Å². The molecule has 0 saturated heterocycles. The van der Waals surface area contributed by atoms with Gasteiger partial charge in [-0.05, 0) is 19.4 Å². The Morgan fingerprint density at radius 2 is 2.05 bits per heavy atom. The van der Waals surface area contributed by atoms with Gasteiger partial charge in [0.05, 0.1) is 24.1 Å². The summed E-state index contributed by atoms with van der Waals surface area (Å²) in [6, 6.07) is 1.97. The lowest BCUT2D eigenvalue weighted by Crippen LogP contribution is -2.45. The lowest BCUT2D eigenvalue weighted by atomic mass is 9.98. The van der Waals surface area contributed by atoms with Crippen LogP contribution in [0.2, 0.25) is 0 Å². The Kier molecular flexibility index (Phi) is 4.39. The minimum atomic E-state index is -0.816. The number of aromatic nitrogens is 2. The Hall–Kier alpha value is -1.48. The van der Waals surface area contributed by atoms with Crippen molar-refractivity contribution in [2.45, 2.75) is 25.8 Å². The smallest absolute Gasteiger partial charge is 0.240 e. The van der Waals surface area contributed by atoms with Crippen molar-refractivity contribution in [3.8, 4) is 0 Å². The van der Waals surface area contributed by atoms with Gasteiger partial charge in [-0.2, -0.15) is 4.98 Å². The van der Waals surface area contributed by atoms with Crippen LogP contribution in [0.1, 0.15) is 18.2 Å². The van der Waals surface area contributed by atoms with Crippen molar-refractivity contribution in [2.75, 3.05) is 24.0 Å². The first kappa shape index (κ1) is 14.9. The predicted octanol–water partition coefficient (Wildman–Crippen LogP) is 0.831. The summed E-state index contributed by atoms with van der Waals surface area (Å²) in [5.74, 6) is 6.23. The summed E-state index contributed by atoms with van der Waals surface area (Å²) < 4.78 is 0. The van der Waals surface area contributed by atoms with Gasteiger partial charge in [0.2, 0.25) is 5.95 Å². The third-order valence-corrected chi connectivity index (χ3v) is 4.26. The van der Waals surface area contributed by atoms with E-state index >= 15 is 0 Å². The topological polar surface area (TPSA) is 116 Å². The number of hydrazine groups is 1. The van der Waals surface area contributed by atoms with Crippen LogP contribution in [0.25, 0.3) is 10.2 Å². The number of anilines is 2. The number of aryl methyl sites for hydroxylation is 1. The third-order valence-electron chi connectivity index (χ3n) is 3.31. The molecule has 0 amide bonds.